The highest BCUT2D eigenvalue weighted by atomic mass is 32.2. The van der Waals surface area contributed by atoms with Gasteiger partial charge in [0.1, 0.15) is 0 Å². The summed E-state index contributed by atoms with van der Waals surface area (Å²) in [7, 11) is 0. The molecule has 0 aliphatic rings. The fraction of sp³-hybridized carbons (Fsp3) is 0.235. The van der Waals surface area contributed by atoms with Gasteiger partial charge in [-0.25, -0.2) is 0 Å². The zero-order chi connectivity index (χ0) is 15.4. The quantitative estimate of drug-likeness (QED) is 0.295. The van der Waals surface area contributed by atoms with E-state index in [4.69, 9.17) is 10.9 Å². The van der Waals surface area contributed by atoms with Crippen LogP contribution in [0.5, 0.6) is 0 Å². The number of hydrogen-bond acceptors (Lipinski definition) is 3. The van der Waals surface area contributed by atoms with Gasteiger partial charge in [0, 0.05) is 16.2 Å². The van der Waals surface area contributed by atoms with Gasteiger partial charge >= 0.3 is 0 Å². The van der Waals surface area contributed by atoms with E-state index in [1.807, 2.05) is 36.9 Å². The third-order valence-electron chi connectivity index (χ3n) is 3.46. The molecule has 0 aromatic heterocycles. The lowest BCUT2D eigenvalue weighted by Gasteiger charge is -2.10. The Morgan fingerprint density at radius 3 is 2.48 bits per heavy atom. The van der Waals surface area contributed by atoms with Crippen LogP contribution in [0.2, 0.25) is 0 Å². The molecule has 110 valence electrons. The van der Waals surface area contributed by atoms with Crippen LogP contribution in [0.25, 0.3) is 0 Å². The van der Waals surface area contributed by atoms with E-state index in [1.54, 1.807) is 0 Å². The highest BCUT2D eigenvalue weighted by molar-refractivity contribution is 7.98. The second-order valence-electron chi connectivity index (χ2n) is 5.18. The lowest BCUT2D eigenvalue weighted by atomic mass is 10.1. The molecule has 0 heterocycles. The molecule has 2 aromatic rings. The molecule has 0 radical (unpaired) electrons. The summed E-state index contributed by atoms with van der Waals surface area (Å²) in [6.45, 7) is 6.30. The summed E-state index contributed by atoms with van der Waals surface area (Å²) in [5.41, 5.74) is 11.4. The van der Waals surface area contributed by atoms with E-state index >= 15 is 0 Å². The third kappa shape index (κ3) is 3.79. The molecule has 0 aliphatic carbocycles. The smallest absolute Gasteiger partial charge is 0.170 e. The number of nitrogens with zero attached hydrogens (tertiary/aromatic N) is 1. The predicted molar refractivity (Wildman–Crippen MR) is 89.2 cm³/mol. The maximum Gasteiger partial charge on any atom is 0.170 e. The largest absolute Gasteiger partial charge is 0.409 e. The first-order valence-corrected chi connectivity index (χ1v) is 7.77. The number of hydrogen-bond donors (Lipinski definition) is 2. The molecule has 3 nitrogen and oxygen atoms in total. The molecular formula is C17H20N2OS. The zero-order valence-electron chi connectivity index (χ0n) is 12.6. The Morgan fingerprint density at radius 1 is 1.10 bits per heavy atom. The Balaban J connectivity index is 2.13. The van der Waals surface area contributed by atoms with Crippen molar-refractivity contribution in [2.24, 2.45) is 10.9 Å². The van der Waals surface area contributed by atoms with Crippen LogP contribution in [0.4, 0.5) is 0 Å². The Kier molecular flexibility index (Phi) is 4.91. The average molecular weight is 300 g/mol. The molecule has 3 N–H and O–H groups in total. The van der Waals surface area contributed by atoms with E-state index in [0.29, 0.717) is 0 Å². The van der Waals surface area contributed by atoms with Crippen LogP contribution in [-0.4, -0.2) is 11.0 Å². The van der Waals surface area contributed by atoms with E-state index in [2.05, 4.69) is 37.2 Å². The van der Waals surface area contributed by atoms with Crippen molar-refractivity contribution in [2.45, 2.75) is 31.4 Å². The number of rotatable bonds is 4. The van der Waals surface area contributed by atoms with Crippen molar-refractivity contribution >= 4 is 17.6 Å². The molecule has 0 atom stereocenters. The highest BCUT2D eigenvalue weighted by Gasteiger charge is 2.06. The maximum atomic E-state index is 8.71. The van der Waals surface area contributed by atoms with Crippen molar-refractivity contribution in [3.8, 4) is 0 Å². The normalized spacial score (nSPS) is 11.7. The molecule has 0 amide bonds. The highest BCUT2D eigenvalue weighted by Crippen LogP contribution is 2.28. The number of oxime groups is 1. The van der Waals surface area contributed by atoms with Crippen LogP contribution in [0, 0.1) is 20.8 Å². The lowest BCUT2D eigenvalue weighted by molar-refractivity contribution is 0.318. The molecule has 2 rings (SSSR count). The maximum absolute atomic E-state index is 8.71. The number of amidine groups is 1. The summed E-state index contributed by atoms with van der Waals surface area (Å²) in [5.74, 6) is 1.05. The minimum Gasteiger partial charge on any atom is -0.409 e. The van der Waals surface area contributed by atoms with Crippen molar-refractivity contribution in [3.05, 3.63) is 64.2 Å². The second kappa shape index (κ2) is 6.68. The third-order valence-corrected chi connectivity index (χ3v) is 4.68. The Hall–Kier alpha value is -1.94. The molecule has 21 heavy (non-hydrogen) atoms. The molecule has 0 saturated heterocycles. The van der Waals surface area contributed by atoms with Crippen LogP contribution in [0.15, 0.2) is 46.4 Å². The van der Waals surface area contributed by atoms with Gasteiger partial charge in [0.2, 0.25) is 0 Å². The molecule has 0 bridgehead atoms. The van der Waals surface area contributed by atoms with E-state index in [-0.39, 0.29) is 5.84 Å². The predicted octanol–water partition coefficient (Wildman–Crippen LogP) is 4.00. The summed E-state index contributed by atoms with van der Waals surface area (Å²) in [5, 5.41) is 11.7. The van der Waals surface area contributed by atoms with Crippen LogP contribution < -0.4 is 5.73 Å². The van der Waals surface area contributed by atoms with E-state index in [9.17, 15) is 0 Å². The van der Waals surface area contributed by atoms with Crippen molar-refractivity contribution < 1.29 is 5.21 Å². The van der Waals surface area contributed by atoms with Crippen molar-refractivity contribution in [1.29, 1.82) is 0 Å². The molecular weight excluding hydrogens is 280 g/mol. The van der Waals surface area contributed by atoms with Crippen LogP contribution in [0.1, 0.15) is 27.8 Å². The number of nitrogens with two attached hydrogens (primary N) is 1. The van der Waals surface area contributed by atoms with Gasteiger partial charge in [0.25, 0.3) is 0 Å². The van der Waals surface area contributed by atoms with Gasteiger partial charge in [-0.05, 0) is 49.6 Å². The van der Waals surface area contributed by atoms with Crippen molar-refractivity contribution in [3.63, 3.8) is 0 Å². The first-order valence-electron chi connectivity index (χ1n) is 6.78. The Labute approximate surface area is 129 Å². The van der Waals surface area contributed by atoms with Gasteiger partial charge in [-0.3, -0.25) is 0 Å². The molecule has 0 spiro atoms. The van der Waals surface area contributed by atoms with Crippen LogP contribution in [-0.2, 0) is 5.75 Å². The molecule has 0 fully saturated rings. The van der Waals surface area contributed by atoms with Gasteiger partial charge in [-0.15, -0.1) is 11.8 Å². The zero-order valence-corrected chi connectivity index (χ0v) is 13.4. The summed E-state index contributed by atoms with van der Waals surface area (Å²) in [6.07, 6.45) is 0. The molecule has 0 saturated carbocycles. The summed E-state index contributed by atoms with van der Waals surface area (Å²) in [4.78, 5) is 1.31. The molecule has 0 unspecified atom stereocenters. The fourth-order valence-electron chi connectivity index (χ4n) is 2.19. The van der Waals surface area contributed by atoms with E-state index in [1.165, 1.54) is 21.6 Å². The van der Waals surface area contributed by atoms with Gasteiger partial charge in [0.15, 0.2) is 5.84 Å². The summed E-state index contributed by atoms with van der Waals surface area (Å²) in [6, 6.07) is 12.4. The topological polar surface area (TPSA) is 58.6 Å². The van der Waals surface area contributed by atoms with Crippen LogP contribution >= 0.6 is 11.8 Å². The summed E-state index contributed by atoms with van der Waals surface area (Å²) >= 11 is 1.83. The Morgan fingerprint density at radius 2 is 1.86 bits per heavy atom. The Bertz CT molecular complexity index is 680. The first-order chi connectivity index (χ1) is 10.0. The van der Waals surface area contributed by atoms with Crippen molar-refractivity contribution in [2.75, 3.05) is 0 Å². The van der Waals surface area contributed by atoms with E-state index < -0.39 is 0 Å². The number of aryl methyl sites for hydroxylation is 3. The molecule has 0 aliphatic heterocycles. The minimum absolute atomic E-state index is 0.145. The fourth-order valence-corrected chi connectivity index (χ4v) is 3.28. The van der Waals surface area contributed by atoms with Gasteiger partial charge in [-0.2, -0.15) is 0 Å². The SMILES string of the molecule is Cc1ccc(SCc2ccc(/C(N)=N/O)cc2C)c(C)c1. The number of benzene rings is 2. The van der Waals surface area contributed by atoms with Gasteiger partial charge in [-0.1, -0.05) is 35.0 Å². The van der Waals surface area contributed by atoms with E-state index in [0.717, 1.165) is 16.9 Å². The first kappa shape index (κ1) is 15.4. The van der Waals surface area contributed by atoms with Gasteiger partial charge < -0.3 is 10.9 Å². The molecule has 2 aromatic carbocycles. The summed E-state index contributed by atoms with van der Waals surface area (Å²) < 4.78 is 0. The standard InChI is InChI=1S/C17H20N2OS/c1-11-4-7-16(13(3)8-11)21-10-15-6-5-14(9-12(15)2)17(18)19-20/h4-9,20H,10H2,1-3H3,(H2,18,19). The number of thioether (sulfide) groups is 1. The lowest BCUT2D eigenvalue weighted by Crippen LogP contribution is -2.13. The van der Waals surface area contributed by atoms with Gasteiger partial charge in [0.05, 0.1) is 0 Å². The average Bonchev–Trinajstić information content (AvgIpc) is 2.46. The van der Waals surface area contributed by atoms with Crippen molar-refractivity contribution in [1.82, 2.24) is 0 Å². The monoisotopic (exact) mass is 300 g/mol. The molecule has 4 heteroatoms. The van der Waals surface area contributed by atoms with Crippen LogP contribution in [0.3, 0.4) is 0 Å². The second-order valence-corrected chi connectivity index (χ2v) is 6.20. The minimum atomic E-state index is 0.145.